The quantitative estimate of drug-likeness (QED) is 0.893. The van der Waals surface area contributed by atoms with E-state index in [0.717, 1.165) is 31.2 Å². The van der Waals surface area contributed by atoms with E-state index in [1.807, 2.05) is 29.2 Å². The second-order valence-corrected chi connectivity index (χ2v) is 7.36. The van der Waals surface area contributed by atoms with Crippen molar-refractivity contribution in [2.45, 2.75) is 44.7 Å². The van der Waals surface area contributed by atoms with Gasteiger partial charge in [-0.05, 0) is 68.5 Å². The van der Waals surface area contributed by atoms with Gasteiger partial charge >= 0.3 is 0 Å². The van der Waals surface area contributed by atoms with Crippen LogP contribution in [0.25, 0.3) is 0 Å². The molecule has 2 atom stereocenters. The number of carbonyl (C=O) groups is 1. The van der Waals surface area contributed by atoms with E-state index in [1.54, 1.807) is 18.2 Å². The summed E-state index contributed by atoms with van der Waals surface area (Å²) in [5.41, 5.74) is 1.75. The average molecular weight is 367 g/mol. The molecule has 2 aromatic carbocycles. The van der Waals surface area contributed by atoms with E-state index in [9.17, 15) is 9.90 Å². The van der Waals surface area contributed by atoms with Gasteiger partial charge in [0.2, 0.25) is 0 Å². The minimum Gasteiger partial charge on any atom is -0.508 e. The van der Waals surface area contributed by atoms with Crippen LogP contribution in [-0.2, 0) is 6.42 Å². The zero-order valence-electron chi connectivity index (χ0n) is 15.6. The van der Waals surface area contributed by atoms with Gasteiger partial charge in [-0.1, -0.05) is 12.1 Å². The van der Waals surface area contributed by atoms with Gasteiger partial charge in [-0.2, -0.15) is 0 Å². The highest BCUT2D eigenvalue weighted by atomic mass is 16.6. The van der Waals surface area contributed by atoms with Gasteiger partial charge in [0.25, 0.3) is 5.91 Å². The van der Waals surface area contributed by atoms with Crippen LogP contribution < -0.4 is 9.47 Å². The maximum absolute atomic E-state index is 13.2. The standard InChI is InChI=1S/C22H25NO4/c1-15-5-8-18(9-6-16-3-2-4-19(24)13-16)23(15)22(25)17-7-10-20-21(14-17)27-12-11-26-20/h2-4,7,10,13-15,18,24H,5-6,8-9,11-12H2,1H3/t15-,18-/m1/s1. The molecule has 2 aromatic rings. The Morgan fingerprint density at radius 1 is 1.11 bits per heavy atom. The van der Waals surface area contributed by atoms with E-state index in [2.05, 4.69) is 6.92 Å². The number of aryl methyl sites for hydroxylation is 1. The van der Waals surface area contributed by atoms with Crippen molar-refractivity contribution < 1.29 is 19.4 Å². The summed E-state index contributed by atoms with van der Waals surface area (Å²) in [4.78, 5) is 15.2. The minimum atomic E-state index is 0.0536. The third kappa shape index (κ3) is 3.72. The van der Waals surface area contributed by atoms with Gasteiger partial charge in [-0.15, -0.1) is 0 Å². The highest BCUT2D eigenvalue weighted by Crippen LogP contribution is 2.34. The van der Waals surface area contributed by atoms with Crippen LogP contribution >= 0.6 is 0 Å². The van der Waals surface area contributed by atoms with Crippen LogP contribution in [-0.4, -0.2) is 41.2 Å². The first-order valence-corrected chi connectivity index (χ1v) is 9.62. The number of carbonyl (C=O) groups excluding carboxylic acids is 1. The maximum Gasteiger partial charge on any atom is 0.254 e. The third-order valence-electron chi connectivity index (χ3n) is 5.49. The molecule has 1 fully saturated rings. The van der Waals surface area contributed by atoms with Crippen molar-refractivity contribution in [1.82, 2.24) is 4.90 Å². The van der Waals surface area contributed by atoms with Crippen LogP contribution in [0.4, 0.5) is 0 Å². The van der Waals surface area contributed by atoms with Crippen LogP contribution in [0.5, 0.6) is 17.2 Å². The lowest BCUT2D eigenvalue weighted by Crippen LogP contribution is -2.40. The molecule has 1 saturated heterocycles. The molecule has 27 heavy (non-hydrogen) atoms. The van der Waals surface area contributed by atoms with Crippen molar-refractivity contribution in [3.05, 3.63) is 53.6 Å². The first-order valence-electron chi connectivity index (χ1n) is 9.62. The van der Waals surface area contributed by atoms with E-state index in [0.29, 0.717) is 30.3 Å². The van der Waals surface area contributed by atoms with Gasteiger partial charge in [-0.25, -0.2) is 0 Å². The summed E-state index contributed by atoms with van der Waals surface area (Å²) in [5.74, 6) is 1.69. The topological polar surface area (TPSA) is 59.0 Å². The van der Waals surface area contributed by atoms with Crippen LogP contribution in [0.3, 0.4) is 0 Å². The van der Waals surface area contributed by atoms with Crippen molar-refractivity contribution >= 4 is 5.91 Å². The van der Waals surface area contributed by atoms with Gasteiger partial charge in [-0.3, -0.25) is 4.79 Å². The molecule has 2 heterocycles. The van der Waals surface area contributed by atoms with Crippen molar-refractivity contribution in [2.75, 3.05) is 13.2 Å². The minimum absolute atomic E-state index is 0.0536. The number of hydrogen-bond acceptors (Lipinski definition) is 4. The molecule has 0 aliphatic carbocycles. The number of aromatic hydroxyl groups is 1. The maximum atomic E-state index is 13.2. The van der Waals surface area contributed by atoms with Crippen molar-refractivity contribution in [2.24, 2.45) is 0 Å². The lowest BCUT2D eigenvalue weighted by molar-refractivity contribution is 0.0671. The summed E-state index contributed by atoms with van der Waals surface area (Å²) in [6.45, 7) is 3.17. The molecule has 0 aromatic heterocycles. The summed E-state index contributed by atoms with van der Waals surface area (Å²) in [6.07, 6.45) is 3.76. The van der Waals surface area contributed by atoms with E-state index in [-0.39, 0.29) is 23.7 Å². The van der Waals surface area contributed by atoms with Crippen molar-refractivity contribution in [3.63, 3.8) is 0 Å². The van der Waals surface area contributed by atoms with Gasteiger partial charge in [0.05, 0.1) is 0 Å². The normalized spacial score (nSPS) is 21.3. The molecular weight excluding hydrogens is 342 g/mol. The average Bonchev–Trinajstić information content (AvgIpc) is 3.06. The fourth-order valence-corrected chi connectivity index (χ4v) is 4.09. The Hall–Kier alpha value is -2.69. The summed E-state index contributed by atoms with van der Waals surface area (Å²) < 4.78 is 11.2. The SMILES string of the molecule is C[C@@H]1CC[C@H](CCc2cccc(O)c2)N1C(=O)c1ccc2c(c1)OCCO2. The molecule has 0 unspecified atom stereocenters. The summed E-state index contributed by atoms with van der Waals surface area (Å²) >= 11 is 0. The van der Waals surface area contributed by atoms with E-state index < -0.39 is 0 Å². The largest absolute Gasteiger partial charge is 0.508 e. The van der Waals surface area contributed by atoms with Gasteiger partial charge in [0, 0.05) is 17.6 Å². The number of fused-ring (bicyclic) bond motifs is 1. The molecule has 4 rings (SSSR count). The number of phenolic OH excluding ortho intramolecular Hbond substituents is 1. The first kappa shape index (κ1) is 17.7. The summed E-state index contributed by atoms with van der Waals surface area (Å²) in [6, 6.07) is 13.2. The first-order chi connectivity index (χ1) is 13.1. The second-order valence-electron chi connectivity index (χ2n) is 7.36. The fourth-order valence-electron chi connectivity index (χ4n) is 4.09. The molecule has 1 N–H and O–H groups in total. The zero-order valence-corrected chi connectivity index (χ0v) is 15.6. The molecule has 0 radical (unpaired) electrons. The Kier molecular flexibility index (Phi) is 4.92. The molecule has 2 aliphatic heterocycles. The van der Waals surface area contributed by atoms with Crippen molar-refractivity contribution in [1.29, 1.82) is 0 Å². The Balaban J connectivity index is 1.49. The Labute approximate surface area is 159 Å². The van der Waals surface area contributed by atoms with E-state index in [1.165, 1.54) is 0 Å². The van der Waals surface area contributed by atoms with E-state index in [4.69, 9.17) is 9.47 Å². The molecule has 0 saturated carbocycles. The number of hydrogen-bond donors (Lipinski definition) is 1. The lowest BCUT2D eigenvalue weighted by Gasteiger charge is -2.29. The molecular formula is C22H25NO4. The molecule has 0 spiro atoms. The number of likely N-dealkylation sites (tertiary alicyclic amines) is 1. The predicted molar refractivity (Wildman–Crippen MR) is 103 cm³/mol. The molecule has 5 nitrogen and oxygen atoms in total. The van der Waals surface area contributed by atoms with Gasteiger partial charge in [0.15, 0.2) is 11.5 Å². The number of nitrogens with zero attached hydrogens (tertiary/aromatic N) is 1. The number of rotatable bonds is 4. The molecule has 0 bridgehead atoms. The Morgan fingerprint density at radius 3 is 2.74 bits per heavy atom. The van der Waals surface area contributed by atoms with E-state index >= 15 is 0 Å². The van der Waals surface area contributed by atoms with Gasteiger partial charge < -0.3 is 19.5 Å². The molecule has 5 heteroatoms. The number of phenols is 1. The van der Waals surface area contributed by atoms with Crippen LogP contribution in [0.1, 0.15) is 42.1 Å². The second kappa shape index (κ2) is 7.51. The highest BCUT2D eigenvalue weighted by molar-refractivity contribution is 5.95. The molecule has 1 amide bonds. The number of ether oxygens (including phenoxy) is 2. The number of amides is 1. The Bertz CT molecular complexity index is 835. The van der Waals surface area contributed by atoms with Crippen LogP contribution in [0.2, 0.25) is 0 Å². The molecule has 2 aliphatic rings. The summed E-state index contributed by atoms with van der Waals surface area (Å²) in [7, 11) is 0. The van der Waals surface area contributed by atoms with Crippen LogP contribution in [0.15, 0.2) is 42.5 Å². The summed E-state index contributed by atoms with van der Waals surface area (Å²) in [5, 5.41) is 9.65. The van der Waals surface area contributed by atoms with Gasteiger partial charge in [0.1, 0.15) is 19.0 Å². The smallest absolute Gasteiger partial charge is 0.254 e. The lowest BCUT2D eigenvalue weighted by atomic mass is 10.0. The van der Waals surface area contributed by atoms with Crippen LogP contribution in [0, 0.1) is 0 Å². The zero-order chi connectivity index (χ0) is 18.8. The van der Waals surface area contributed by atoms with Crippen molar-refractivity contribution in [3.8, 4) is 17.2 Å². The number of benzene rings is 2. The fraction of sp³-hybridized carbons (Fsp3) is 0.409. The third-order valence-corrected chi connectivity index (χ3v) is 5.49. The Morgan fingerprint density at radius 2 is 1.93 bits per heavy atom. The molecule has 142 valence electrons. The highest BCUT2D eigenvalue weighted by Gasteiger charge is 2.34. The predicted octanol–water partition coefficient (Wildman–Crippen LogP) is 3.79. The monoisotopic (exact) mass is 367 g/mol.